The molecule has 0 unspecified atom stereocenters. The molecule has 0 aliphatic heterocycles. The minimum absolute atomic E-state index is 0.0510. The van der Waals surface area contributed by atoms with Crippen molar-refractivity contribution in [1.29, 1.82) is 0 Å². The van der Waals surface area contributed by atoms with Crippen LogP contribution < -0.4 is 10.6 Å². The van der Waals surface area contributed by atoms with Crippen LogP contribution in [0.5, 0.6) is 0 Å². The van der Waals surface area contributed by atoms with Crippen molar-refractivity contribution in [3.8, 4) is 0 Å². The molecule has 1 rings (SSSR count). The number of hydrogen-bond acceptors (Lipinski definition) is 2. The van der Waals surface area contributed by atoms with E-state index in [1.165, 1.54) is 0 Å². The maximum absolute atomic E-state index is 12.1. The van der Waals surface area contributed by atoms with Crippen LogP contribution in [0.4, 0.5) is 0 Å². The molecule has 2 N–H and O–H groups in total. The first-order chi connectivity index (χ1) is 7.98. The predicted molar refractivity (Wildman–Crippen MR) is 74.1 cm³/mol. The van der Waals surface area contributed by atoms with Crippen LogP contribution in [0.3, 0.4) is 0 Å². The largest absolute Gasteiger partial charge is 0.354 e. The summed E-state index contributed by atoms with van der Waals surface area (Å²) in [5.41, 5.74) is 0.511. The SMILES string of the molecule is CNCCNC(=O)C(C)(C)c1ccc(Br)cc1. The van der Waals surface area contributed by atoms with Crippen molar-refractivity contribution in [2.24, 2.45) is 0 Å². The molecule has 0 fully saturated rings. The van der Waals surface area contributed by atoms with E-state index in [-0.39, 0.29) is 5.91 Å². The molecule has 0 heterocycles. The Bertz CT molecular complexity index is 374. The lowest BCUT2D eigenvalue weighted by Gasteiger charge is -2.24. The normalized spacial score (nSPS) is 11.3. The molecule has 0 saturated heterocycles. The van der Waals surface area contributed by atoms with Gasteiger partial charge in [0.25, 0.3) is 0 Å². The Morgan fingerprint density at radius 3 is 2.35 bits per heavy atom. The van der Waals surface area contributed by atoms with Crippen molar-refractivity contribution >= 4 is 21.8 Å². The molecule has 0 spiro atoms. The molecule has 0 atom stereocenters. The van der Waals surface area contributed by atoms with Gasteiger partial charge in [0.05, 0.1) is 5.41 Å². The van der Waals surface area contributed by atoms with Gasteiger partial charge in [0.2, 0.25) is 5.91 Å². The third-order valence-corrected chi connectivity index (χ3v) is 3.32. The highest BCUT2D eigenvalue weighted by Gasteiger charge is 2.29. The predicted octanol–water partition coefficient (Wildman–Crippen LogP) is 2.06. The van der Waals surface area contributed by atoms with Crippen LogP contribution in [0, 0.1) is 0 Å². The van der Waals surface area contributed by atoms with E-state index in [1.807, 2.05) is 45.2 Å². The Morgan fingerprint density at radius 2 is 1.82 bits per heavy atom. The van der Waals surface area contributed by atoms with E-state index in [0.717, 1.165) is 16.6 Å². The van der Waals surface area contributed by atoms with E-state index < -0.39 is 5.41 Å². The average molecular weight is 299 g/mol. The maximum Gasteiger partial charge on any atom is 0.230 e. The molecule has 0 bridgehead atoms. The second-order valence-corrected chi connectivity index (χ2v) is 5.41. The summed E-state index contributed by atoms with van der Waals surface area (Å²) in [6.45, 7) is 5.30. The van der Waals surface area contributed by atoms with Crippen molar-refractivity contribution in [3.05, 3.63) is 34.3 Å². The van der Waals surface area contributed by atoms with Crippen molar-refractivity contribution in [2.75, 3.05) is 20.1 Å². The van der Waals surface area contributed by atoms with Gasteiger partial charge in [-0.25, -0.2) is 0 Å². The van der Waals surface area contributed by atoms with Crippen molar-refractivity contribution < 1.29 is 4.79 Å². The molecule has 4 heteroatoms. The van der Waals surface area contributed by atoms with Gasteiger partial charge in [-0.1, -0.05) is 28.1 Å². The van der Waals surface area contributed by atoms with Crippen LogP contribution in [-0.4, -0.2) is 26.0 Å². The van der Waals surface area contributed by atoms with E-state index in [2.05, 4.69) is 26.6 Å². The third-order valence-electron chi connectivity index (χ3n) is 2.79. The van der Waals surface area contributed by atoms with Gasteiger partial charge in [-0.3, -0.25) is 4.79 Å². The van der Waals surface area contributed by atoms with Crippen LogP contribution in [0.1, 0.15) is 19.4 Å². The molecule has 0 aromatic heterocycles. The van der Waals surface area contributed by atoms with Gasteiger partial charge < -0.3 is 10.6 Å². The van der Waals surface area contributed by atoms with Crippen LogP contribution in [0.2, 0.25) is 0 Å². The molecule has 1 amide bonds. The summed E-state index contributed by atoms with van der Waals surface area (Å²) in [6, 6.07) is 7.86. The van der Waals surface area contributed by atoms with Crippen LogP contribution >= 0.6 is 15.9 Å². The zero-order valence-corrected chi connectivity index (χ0v) is 12.1. The highest BCUT2D eigenvalue weighted by atomic mass is 79.9. The number of nitrogens with one attached hydrogen (secondary N) is 2. The van der Waals surface area contributed by atoms with Gasteiger partial charge in [-0.15, -0.1) is 0 Å². The van der Waals surface area contributed by atoms with Gasteiger partial charge in [-0.2, -0.15) is 0 Å². The third kappa shape index (κ3) is 3.82. The summed E-state index contributed by atoms with van der Waals surface area (Å²) in [5, 5.41) is 5.92. The molecule has 1 aromatic carbocycles. The lowest BCUT2D eigenvalue weighted by molar-refractivity contribution is -0.125. The van der Waals surface area contributed by atoms with Gasteiger partial charge >= 0.3 is 0 Å². The minimum Gasteiger partial charge on any atom is -0.354 e. The summed E-state index contributed by atoms with van der Waals surface area (Å²) in [5.74, 6) is 0.0510. The number of carbonyl (C=O) groups excluding carboxylic acids is 1. The monoisotopic (exact) mass is 298 g/mol. The first-order valence-electron chi connectivity index (χ1n) is 5.67. The zero-order chi connectivity index (χ0) is 12.9. The number of rotatable bonds is 5. The van der Waals surface area contributed by atoms with Crippen molar-refractivity contribution in [2.45, 2.75) is 19.3 Å². The van der Waals surface area contributed by atoms with E-state index in [1.54, 1.807) is 0 Å². The molecule has 0 radical (unpaired) electrons. The summed E-state index contributed by atoms with van der Waals surface area (Å²) >= 11 is 3.39. The highest BCUT2D eigenvalue weighted by Crippen LogP contribution is 2.24. The Hall–Kier alpha value is -0.870. The van der Waals surface area contributed by atoms with E-state index in [9.17, 15) is 4.79 Å². The van der Waals surface area contributed by atoms with Crippen LogP contribution in [-0.2, 0) is 10.2 Å². The topological polar surface area (TPSA) is 41.1 Å². The first kappa shape index (κ1) is 14.2. The van der Waals surface area contributed by atoms with Crippen molar-refractivity contribution in [1.82, 2.24) is 10.6 Å². The van der Waals surface area contributed by atoms with Gasteiger partial charge in [0.15, 0.2) is 0 Å². The number of benzene rings is 1. The maximum atomic E-state index is 12.1. The fourth-order valence-corrected chi connectivity index (χ4v) is 1.78. The molecule has 0 saturated carbocycles. The molecule has 1 aromatic rings. The Labute approximate surface area is 111 Å². The molecular formula is C13H19BrN2O. The van der Waals surface area contributed by atoms with Gasteiger partial charge in [-0.05, 0) is 38.6 Å². The zero-order valence-electron chi connectivity index (χ0n) is 10.5. The Kier molecular flexibility index (Phi) is 5.15. The number of likely N-dealkylation sites (N-methyl/N-ethyl adjacent to an activating group) is 1. The van der Waals surface area contributed by atoms with Gasteiger partial charge in [0.1, 0.15) is 0 Å². The molecule has 0 aliphatic rings. The highest BCUT2D eigenvalue weighted by molar-refractivity contribution is 9.10. The molecule has 94 valence electrons. The van der Waals surface area contributed by atoms with E-state index in [4.69, 9.17) is 0 Å². The van der Waals surface area contributed by atoms with Crippen LogP contribution in [0.15, 0.2) is 28.7 Å². The number of carbonyl (C=O) groups is 1. The van der Waals surface area contributed by atoms with Crippen LogP contribution in [0.25, 0.3) is 0 Å². The number of halogens is 1. The summed E-state index contributed by atoms with van der Waals surface area (Å²) in [4.78, 5) is 12.1. The second-order valence-electron chi connectivity index (χ2n) is 4.49. The van der Waals surface area contributed by atoms with E-state index in [0.29, 0.717) is 6.54 Å². The summed E-state index contributed by atoms with van der Waals surface area (Å²) in [7, 11) is 1.87. The van der Waals surface area contributed by atoms with Gasteiger partial charge in [0, 0.05) is 17.6 Å². The Morgan fingerprint density at radius 1 is 1.24 bits per heavy atom. The second kappa shape index (κ2) is 6.17. The molecule has 17 heavy (non-hydrogen) atoms. The van der Waals surface area contributed by atoms with Crippen molar-refractivity contribution in [3.63, 3.8) is 0 Å². The fraction of sp³-hybridized carbons (Fsp3) is 0.462. The molecule has 3 nitrogen and oxygen atoms in total. The Balaban J connectivity index is 2.72. The lowest BCUT2D eigenvalue weighted by Crippen LogP contribution is -2.42. The minimum atomic E-state index is -0.506. The standard InChI is InChI=1S/C13H19BrN2O/c1-13(2,12(17)16-9-8-15-3)10-4-6-11(14)7-5-10/h4-7,15H,8-9H2,1-3H3,(H,16,17). The first-order valence-corrected chi connectivity index (χ1v) is 6.46. The van der Waals surface area contributed by atoms with E-state index >= 15 is 0 Å². The average Bonchev–Trinajstić information content (AvgIpc) is 2.29. The quantitative estimate of drug-likeness (QED) is 0.817. The summed E-state index contributed by atoms with van der Waals surface area (Å²) < 4.78 is 1.02. The fourth-order valence-electron chi connectivity index (χ4n) is 1.52. The number of hydrogen-bond donors (Lipinski definition) is 2. The lowest BCUT2D eigenvalue weighted by atomic mass is 9.84. The summed E-state index contributed by atoms with van der Waals surface area (Å²) in [6.07, 6.45) is 0. The molecular weight excluding hydrogens is 280 g/mol. The smallest absolute Gasteiger partial charge is 0.230 e. The molecule has 0 aliphatic carbocycles. The number of amides is 1.